The first-order valence-corrected chi connectivity index (χ1v) is 11.0. The fourth-order valence-corrected chi connectivity index (χ4v) is 4.43. The van der Waals surface area contributed by atoms with Gasteiger partial charge < -0.3 is 15.2 Å². The number of benzene rings is 3. The van der Waals surface area contributed by atoms with Crippen molar-refractivity contribution in [1.82, 2.24) is 4.90 Å². The Hall–Kier alpha value is -3.87. The van der Waals surface area contributed by atoms with Gasteiger partial charge in [0.2, 0.25) is 5.91 Å². The second kappa shape index (κ2) is 8.24. The van der Waals surface area contributed by atoms with Crippen molar-refractivity contribution in [2.75, 3.05) is 7.11 Å². The highest BCUT2D eigenvalue weighted by molar-refractivity contribution is 6.23. The first kappa shape index (κ1) is 21.0. The number of rotatable bonds is 7. The number of carbonyl (C=O) groups excluding carboxylic acids is 3. The predicted molar refractivity (Wildman–Crippen MR) is 122 cm³/mol. The molecule has 168 valence electrons. The molecule has 1 aliphatic heterocycles. The van der Waals surface area contributed by atoms with E-state index < -0.39 is 23.8 Å². The Morgan fingerprint density at radius 3 is 2.15 bits per heavy atom. The van der Waals surface area contributed by atoms with Crippen molar-refractivity contribution < 1.29 is 23.9 Å². The van der Waals surface area contributed by atoms with E-state index >= 15 is 0 Å². The molecule has 2 aliphatic rings. The number of methoxy groups -OCH3 is 1. The van der Waals surface area contributed by atoms with E-state index in [2.05, 4.69) is 0 Å². The smallest absolute Gasteiger partial charge is 0.262 e. The Kier molecular flexibility index (Phi) is 5.24. The average molecular weight is 444 g/mol. The summed E-state index contributed by atoms with van der Waals surface area (Å²) in [5.74, 6) is -0.425. The van der Waals surface area contributed by atoms with Crippen molar-refractivity contribution in [2.45, 2.75) is 37.8 Å². The molecule has 0 spiro atoms. The third-order valence-corrected chi connectivity index (χ3v) is 6.41. The molecule has 33 heavy (non-hydrogen) atoms. The van der Waals surface area contributed by atoms with E-state index in [0.717, 1.165) is 34.9 Å². The van der Waals surface area contributed by atoms with E-state index in [1.54, 1.807) is 30.3 Å². The summed E-state index contributed by atoms with van der Waals surface area (Å²) in [7, 11) is 1.53. The first-order chi connectivity index (χ1) is 16.0. The van der Waals surface area contributed by atoms with Crippen LogP contribution < -0.4 is 15.2 Å². The number of amides is 3. The summed E-state index contributed by atoms with van der Waals surface area (Å²) in [5, 5.41) is 1.73. The van der Waals surface area contributed by atoms with E-state index in [0.29, 0.717) is 28.2 Å². The van der Waals surface area contributed by atoms with Crippen LogP contribution in [0.1, 0.15) is 58.0 Å². The fraction of sp³-hybridized carbons (Fsp3) is 0.269. The maximum atomic E-state index is 13.4. The molecule has 1 unspecified atom stereocenters. The molecule has 1 atom stereocenters. The van der Waals surface area contributed by atoms with Gasteiger partial charge in [-0.25, -0.2) is 0 Å². The number of imide groups is 1. The van der Waals surface area contributed by atoms with Crippen LogP contribution in [0.5, 0.6) is 11.5 Å². The van der Waals surface area contributed by atoms with Crippen LogP contribution in [0.25, 0.3) is 10.8 Å². The van der Waals surface area contributed by atoms with Crippen molar-refractivity contribution in [3.8, 4) is 11.5 Å². The standard InChI is InChI=1S/C26H24N2O5/c1-32-23-13-17(9-10-22(23)33-18-7-4-8-18)21(14-24(27)29)28-25(30)19-11-15-5-2-3-6-16(15)12-20(19)26(28)31/h2-3,5-6,9-13,18,21H,4,7-8,14H2,1H3,(H2,27,29). The second-order valence-electron chi connectivity index (χ2n) is 8.49. The number of nitrogens with zero attached hydrogens (tertiary/aromatic N) is 1. The molecule has 1 heterocycles. The van der Waals surface area contributed by atoms with Gasteiger partial charge in [-0.3, -0.25) is 19.3 Å². The Labute approximate surface area is 191 Å². The predicted octanol–water partition coefficient (Wildman–Crippen LogP) is 3.99. The summed E-state index contributed by atoms with van der Waals surface area (Å²) >= 11 is 0. The minimum atomic E-state index is -0.857. The summed E-state index contributed by atoms with van der Waals surface area (Å²) < 4.78 is 11.5. The minimum Gasteiger partial charge on any atom is -0.493 e. The zero-order valence-corrected chi connectivity index (χ0v) is 18.2. The highest BCUT2D eigenvalue weighted by Crippen LogP contribution is 2.39. The molecule has 7 nitrogen and oxygen atoms in total. The number of hydrogen-bond donors (Lipinski definition) is 1. The first-order valence-electron chi connectivity index (χ1n) is 11.0. The summed E-state index contributed by atoms with van der Waals surface area (Å²) in [6.45, 7) is 0. The van der Waals surface area contributed by atoms with E-state index in [-0.39, 0.29) is 12.5 Å². The van der Waals surface area contributed by atoms with E-state index in [1.807, 2.05) is 24.3 Å². The van der Waals surface area contributed by atoms with Crippen LogP contribution in [0.2, 0.25) is 0 Å². The van der Waals surface area contributed by atoms with Crippen LogP contribution in [0, 0.1) is 0 Å². The van der Waals surface area contributed by atoms with Crippen molar-refractivity contribution in [1.29, 1.82) is 0 Å². The van der Waals surface area contributed by atoms with Gasteiger partial charge in [-0.1, -0.05) is 30.3 Å². The third-order valence-electron chi connectivity index (χ3n) is 6.41. The largest absolute Gasteiger partial charge is 0.493 e. The Morgan fingerprint density at radius 2 is 1.64 bits per heavy atom. The lowest BCUT2D eigenvalue weighted by Crippen LogP contribution is -2.36. The highest BCUT2D eigenvalue weighted by Gasteiger charge is 2.41. The second-order valence-corrected chi connectivity index (χ2v) is 8.49. The monoisotopic (exact) mass is 444 g/mol. The molecule has 0 saturated heterocycles. The average Bonchev–Trinajstić information content (AvgIpc) is 3.02. The molecule has 1 saturated carbocycles. The van der Waals surface area contributed by atoms with E-state index in [9.17, 15) is 14.4 Å². The van der Waals surface area contributed by atoms with Crippen LogP contribution >= 0.6 is 0 Å². The summed E-state index contributed by atoms with van der Waals surface area (Å²) in [6.07, 6.45) is 3.10. The summed E-state index contributed by atoms with van der Waals surface area (Å²) in [5.41, 5.74) is 6.75. The lowest BCUT2D eigenvalue weighted by Gasteiger charge is -2.29. The van der Waals surface area contributed by atoms with Gasteiger partial charge in [-0.15, -0.1) is 0 Å². The van der Waals surface area contributed by atoms with Crippen LogP contribution in [-0.4, -0.2) is 35.8 Å². The molecule has 3 aromatic carbocycles. The lowest BCUT2D eigenvalue weighted by molar-refractivity contribution is -0.118. The molecular weight excluding hydrogens is 420 g/mol. The highest BCUT2D eigenvalue weighted by atomic mass is 16.5. The van der Waals surface area contributed by atoms with Gasteiger partial charge >= 0.3 is 0 Å². The fourth-order valence-electron chi connectivity index (χ4n) is 4.43. The molecule has 3 amide bonds. The van der Waals surface area contributed by atoms with E-state index in [1.165, 1.54) is 7.11 Å². The third kappa shape index (κ3) is 3.69. The quantitative estimate of drug-likeness (QED) is 0.556. The van der Waals surface area contributed by atoms with Crippen LogP contribution in [-0.2, 0) is 4.79 Å². The van der Waals surface area contributed by atoms with Gasteiger partial charge in [-0.2, -0.15) is 0 Å². The molecule has 5 rings (SSSR count). The lowest BCUT2D eigenvalue weighted by atomic mass is 9.96. The zero-order valence-electron chi connectivity index (χ0n) is 18.2. The van der Waals surface area contributed by atoms with Crippen molar-refractivity contribution in [2.24, 2.45) is 5.73 Å². The molecule has 3 aromatic rings. The summed E-state index contributed by atoms with van der Waals surface area (Å²) in [6, 6.07) is 15.4. The maximum Gasteiger partial charge on any atom is 0.262 e. The molecule has 0 aromatic heterocycles. The molecule has 1 aliphatic carbocycles. The van der Waals surface area contributed by atoms with Gasteiger partial charge in [-0.05, 0) is 59.9 Å². The van der Waals surface area contributed by atoms with Gasteiger partial charge in [0.1, 0.15) is 0 Å². The van der Waals surface area contributed by atoms with Crippen molar-refractivity contribution >= 4 is 28.5 Å². The number of carbonyl (C=O) groups is 3. The molecule has 2 N–H and O–H groups in total. The van der Waals surface area contributed by atoms with Crippen LogP contribution in [0.4, 0.5) is 0 Å². The van der Waals surface area contributed by atoms with Crippen molar-refractivity contribution in [3.63, 3.8) is 0 Å². The SMILES string of the molecule is COc1cc(C(CC(N)=O)N2C(=O)c3cc4ccccc4cc3C2=O)ccc1OC1CCC1. The minimum absolute atomic E-state index is 0.163. The number of primary amides is 1. The zero-order chi connectivity index (χ0) is 23.1. The van der Waals surface area contributed by atoms with Crippen LogP contribution in [0.3, 0.4) is 0 Å². The number of ether oxygens (including phenoxy) is 2. The van der Waals surface area contributed by atoms with Gasteiger partial charge in [0.05, 0.1) is 36.8 Å². The van der Waals surface area contributed by atoms with E-state index in [4.69, 9.17) is 15.2 Å². The Balaban J connectivity index is 1.53. The van der Waals surface area contributed by atoms with Gasteiger partial charge in [0, 0.05) is 0 Å². The number of fused-ring (bicyclic) bond motifs is 2. The van der Waals surface area contributed by atoms with Crippen LogP contribution in [0.15, 0.2) is 54.6 Å². The number of nitrogens with two attached hydrogens (primary N) is 1. The molecular formula is C26H24N2O5. The Bertz CT molecular complexity index is 1230. The summed E-state index contributed by atoms with van der Waals surface area (Å²) in [4.78, 5) is 39.8. The van der Waals surface area contributed by atoms with Gasteiger partial charge in [0.25, 0.3) is 11.8 Å². The molecule has 7 heteroatoms. The maximum absolute atomic E-state index is 13.4. The normalized spacial score (nSPS) is 16.5. The van der Waals surface area contributed by atoms with Crippen molar-refractivity contribution in [3.05, 3.63) is 71.3 Å². The number of hydrogen-bond acceptors (Lipinski definition) is 5. The topological polar surface area (TPSA) is 98.9 Å². The Morgan fingerprint density at radius 1 is 1.00 bits per heavy atom. The molecule has 0 bridgehead atoms. The van der Waals surface area contributed by atoms with Gasteiger partial charge in [0.15, 0.2) is 11.5 Å². The molecule has 0 radical (unpaired) electrons. The molecule has 1 fully saturated rings.